The summed E-state index contributed by atoms with van der Waals surface area (Å²) < 4.78 is 11.6. The fourth-order valence-corrected chi connectivity index (χ4v) is 5.48. The van der Waals surface area contributed by atoms with Crippen molar-refractivity contribution in [3.63, 3.8) is 0 Å². The number of carbonyl (C=O) groups excluding carboxylic acids is 2. The van der Waals surface area contributed by atoms with E-state index in [0.29, 0.717) is 24.2 Å². The van der Waals surface area contributed by atoms with E-state index in [-0.39, 0.29) is 23.8 Å². The zero-order chi connectivity index (χ0) is 23.5. The van der Waals surface area contributed by atoms with E-state index >= 15 is 0 Å². The Morgan fingerprint density at radius 3 is 2.65 bits per heavy atom. The number of piperidine rings is 1. The van der Waals surface area contributed by atoms with Crippen molar-refractivity contribution in [3.8, 4) is 11.8 Å². The Labute approximate surface area is 200 Å². The van der Waals surface area contributed by atoms with Gasteiger partial charge >= 0.3 is 12.0 Å². The third kappa shape index (κ3) is 4.64. The van der Waals surface area contributed by atoms with Gasteiger partial charge in [-0.2, -0.15) is 0 Å². The molecule has 1 amide bonds. The third-order valence-electron chi connectivity index (χ3n) is 7.46. The summed E-state index contributed by atoms with van der Waals surface area (Å²) in [5, 5.41) is 0. The molecule has 1 saturated carbocycles. The number of amides is 1. The molecule has 3 aliphatic rings. The molecule has 1 saturated heterocycles. The van der Waals surface area contributed by atoms with E-state index in [1.54, 1.807) is 24.5 Å². The summed E-state index contributed by atoms with van der Waals surface area (Å²) in [5.41, 5.74) is 0.775. The van der Waals surface area contributed by atoms with E-state index in [1.807, 2.05) is 24.1 Å². The Kier molecular flexibility index (Phi) is 6.50. The predicted molar refractivity (Wildman–Crippen MR) is 126 cm³/mol. The van der Waals surface area contributed by atoms with Gasteiger partial charge < -0.3 is 19.3 Å². The molecule has 1 spiro atoms. The molecule has 1 aliphatic carbocycles. The van der Waals surface area contributed by atoms with Crippen LogP contribution in [0.15, 0.2) is 36.7 Å². The molecule has 1 aromatic carbocycles. The number of hydrogen-bond acceptors (Lipinski definition) is 7. The number of benzene rings is 1. The average molecular weight is 465 g/mol. The van der Waals surface area contributed by atoms with Crippen LogP contribution in [0.1, 0.15) is 60.9 Å². The Balaban J connectivity index is 1.20. The third-order valence-corrected chi connectivity index (χ3v) is 7.46. The van der Waals surface area contributed by atoms with Crippen LogP contribution in [-0.2, 0) is 15.1 Å². The lowest BCUT2D eigenvalue weighted by molar-refractivity contribution is -0.137. The molecule has 5 rings (SSSR count). The second-order valence-corrected chi connectivity index (χ2v) is 9.66. The Bertz CT molecular complexity index is 1030. The molecule has 0 atom stereocenters. The van der Waals surface area contributed by atoms with E-state index in [0.717, 1.165) is 44.6 Å². The smallest absolute Gasteiger partial charge is 0.339 e. The zero-order valence-corrected chi connectivity index (χ0v) is 19.7. The SMILES string of the molecule is CN(CCN1CCCCC1)C(=O)[C@H]1CC[C@@]2(CC1)OC(=O)c1cc(Oc3ncccn3)ccc12. The van der Waals surface area contributed by atoms with Gasteiger partial charge in [0.1, 0.15) is 11.4 Å². The normalized spacial score (nSPS) is 24.5. The maximum absolute atomic E-state index is 13.1. The number of rotatable bonds is 6. The molecule has 0 bridgehead atoms. The molecule has 8 heteroatoms. The van der Waals surface area contributed by atoms with Crippen LogP contribution in [0.3, 0.4) is 0 Å². The maximum atomic E-state index is 13.1. The second kappa shape index (κ2) is 9.70. The number of esters is 1. The van der Waals surface area contributed by atoms with Crippen molar-refractivity contribution in [2.45, 2.75) is 50.5 Å². The molecule has 0 N–H and O–H groups in total. The topological polar surface area (TPSA) is 84.9 Å². The number of likely N-dealkylation sites (N-methyl/N-ethyl adjacent to an activating group) is 1. The minimum atomic E-state index is -0.642. The van der Waals surface area contributed by atoms with Crippen LogP contribution in [-0.4, -0.2) is 64.9 Å². The van der Waals surface area contributed by atoms with Gasteiger partial charge in [-0.25, -0.2) is 14.8 Å². The van der Waals surface area contributed by atoms with Crippen LogP contribution in [0.5, 0.6) is 11.8 Å². The molecule has 2 fully saturated rings. The molecule has 34 heavy (non-hydrogen) atoms. The lowest BCUT2D eigenvalue weighted by Crippen LogP contribution is -2.43. The molecule has 3 heterocycles. The summed E-state index contributed by atoms with van der Waals surface area (Å²) in [7, 11) is 1.92. The van der Waals surface area contributed by atoms with Crippen molar-refractivity contribution < 1.29 is 19.1 Å². The van der Waals surface area contributed by atoms with Gasteiger partial charge in [-0.3, -0.25) is 4.79 Å². The van der Waals surface area contributed by atoms with E-state index in [9.17, 15) is 9.59 Å². The van der Waals surface area contributed by atoms with Crippen molar-refractivity contribution in [2.75, 3.05) is 33.2 Å². The Hall–Kier alpha value is -3.00. The van der Waals surface area contributed by atoms with Crippen LogP contribution in [0.25, 0.3) is 0 Å². The molecule has 0 radical (unpaired) electrons. The second-order valence-electron chi connectivity index (χ2n) is 9.66. The molecule has 2 aromatic rings. The monoisotopic (exact) mass is 464 g/mol. The highest BCUT2D eigenvalue weighted by Crippen LogP contribution is 2.49. The van der Waals surface area contributed by atoms with Gasteiger partial charge in [0.2, 0.25) is 5.91 Å². The fourth-order valence-electron chi connectivity index (χ4n) is 5.48. The van der Waals surface area contributed by atoms with Crippen molar-refractivity contribution in [1.29, 1.82) is 0 Å². The van der Waals surface area contributed by atoms with Crippen molar-refractivity contribution >= 4 is 11.9 Å². The largest absolute Gasteiger partial charge is 0.451 e. The van der Waals surface area contributed by atoms with Crippen LogP contribution in [0.4, 0.5) is 0 Å². The quantitative estimate of drug-likeness (QED) is 0.602. The minimum Gasteiger partial charge on any atom is -0.451 e. The van der Waals surface area contributed by atoms with Gasteiger partial charge in [0.25, 0.3) is 0 Å². The predicted octanol–water partition coefficient (Wildman–Crippen LogP) is 3.77. The molecule has 180 valence electrons. The molecular weight excluding hydrogens is 432 g/mol. The first-order valence-corrected chi connectivity index (χ1v) is 12.3. The van der Waals surface area contributed by atoms with Crippen LogP contribution in [0, 0.1) is 5.92 Å². The molecule has 1 aromatic heterocycles. The highest BCUT2D eigenvalue weighted by atomic mass is 16.6. The first kappa shape index (κ1) is 22.8. The van der Waals surface area contributed by atoms with Crippen LogP contribution in [0.2, 0.25) is 0 Å². The molecule has 2 aliphatic heterocycles. The number of ether oxygens (including phenoxy) is 2. The van der Waals surface area contributed by atoms with Crippen molar-refractivity contribution in [3.05, 3.63) is 47.8 Å². The van der Waals surface area contributed by atoms with E-state index in [4.69, 9.17) is 9.47 Å². The number of aromatic nitrogens is 2. The highest BCUT2D eigenvalue weighted by molar-refractivity contribution is 5.95. The maximum Gasteiger partial charge on any atom is 0.339 e. The lowest BCUT2D eigenvalue weighted by Gasteiger charge is -2.37. The first-order valence-electron chi connectivity index (χ1n) is 12.3. The number of nitrogens with zero attached hydrogens (tertiary/aromatic N) is 4. The summed E-state index contributed by atoms with van der Waals surface area (Å²) in [6, 6.07) is 7.38. The van der Waals surface area contributed by atoms with Crippen molar-refractivity contribution in [1.82, 2.24) is 19.8 Å². The molecule has 0 unspecified atom stereocenters. The summed E-state index contributed by atoms with van der Waals surface area (Å²) in [5.74, 6) is 0.358. The number of carbonyl (C=O) groups is 2. The van der Waals surface area contributed by atoms with Gasteiger partial charge in [0.15, 0.2) is 0 Å². The Morgan fingerprint density at radius 2 is 1.91 bits per heavy atom. The number of fused-ring (bicyclic) bond motifs is 2. The average Bonchev–Trinajstić information content (AvgIpc) is 3.14. The van der Waals surface area contributed by atoms with Gasteiger partial charge in [-0.1, -0.05) is 12.5 Å². The highest BCUT2D eigenvalue weighted by Gasteiger charge is 2.48. The van der Waals surface area contributed by atoms with Crippen LogP contribution < -0.4 is 4.74 Å². The number of likely N-dealkylation sites (tertiary alicyclic amines) is 1. The van der Waals surface area contributed by atoms with Crippen molar-refractivity contribution in [2.24, 2.45) is 5.92 Å². The summed E-state index contributed by atoms with van der Waals surface area (Å²) in [6.45, 7) is 4.00. The van der Waals surface area contributed by atoms with Gasteiger partial charge in [0.05, 0.1) is 5.56 Å². The van der Waals surface area contributed by atoms with Gasteiger partial charge in [0, 0.05) is 44.0 Å². The lowest BCUT2D eigenvalue weighted by atomic mass is 9.74. The molecular formula is C26H32N4O4. The summed E-state index contributed by atoms with van der Waals surface area (Å²) >= 11 is 0. The minimum absolute atomic E-state index is 0.0161. The van der Waals surface area contributed by atoms with Gasteiger partial charge in [-0.15, -0.1) is 0 Å². The van der Waals surface area contributed by atoms with E-state index < -0.39 is 5.60 Å². The van der Waals surface area contributed by atoms with Crippen LogP contribution >= 0.6 is 0 Å². The van der Waals surface area contributed by atoms with Gasteiger partial charge in [-0.05, 0) is 69.8 Å². The fraction of sp³-hybridized carbons (Fsp3) is 0.538. The summed E-state index contributed by atoms with van der Waals surface area (Å²) in [6.07, 6.45) is 9.79. The van der Waals surface area contributed by atoms with E-state index in [1.165, 1.54) is 19.3 Å². The van der Waals surface area contributed by atoms with E-state index in [2.05, 4.69) is 14.9 Å². The number of hydrogen-bond donors (Lipinski definition) is 0. The standard InChI is InChI=1S/C26H32N4O4/c1-29(16-17-30-14-3-2-4-15-30)23(31)19-8-10-26(11-9-19)22-7-6-20(18-21(22)24(32)34-26)33-25-27-12-5-13-28-25/h5-7,12-13,18-19H,2-4,8-11,14-17H2,1H3/t19-,26-. The zero-order valence-electron chi connectivity index (χ0n) is 19.7. The Morgan fingerprint density at radius 1 is 1.18 bits per heavy atom. The summed E-state index contributed by atoms with van der Waals surface area (Å²) in [4.78, 5) is 38.3. The first-order chi connectivity index (χ1) is 16.5. The molecule has 8 nitrogen and oxygen atoms in total.